The van der Waals surface area contributed by atoms with Gasteiger partial charge < -0.3 is 14.2 Å². The van der Waals surface area contributed by atoms with Crippen molar-refractivity contribution in [2.24, 2.45) is 0 Å². The summed E-state index contributed by atoms with van der Waals surface area (Å²) in [4.78, 5) is 37.8. The van der Waals surface area contributed by atoms with Gasteiger partial charge in [-0.2, -0.15) is 0 Å². The van der Waals surface area contributed by atoms with Crippen molar-refractivity contribution in [3.05, 3.63) is 158 Å². The van der Waals surface area contributed by atoms with E-state index >= 15 is 0 Å². The molecule has 0 rings (SSSR count). The van der Waals surface area contributed by atoms with Gasteiger partial charge in [-0.05, 0) is 83.5 Å². The Kier molecular flexibility index (Phi) is 42.8. The quantitative estimate of drug-likeness (QED) is 0.0204. The highest BCUT2D eigenvalue weighted by Crippen LogP contribution is 2.11. The summed E-state index contributed by atoms with van der Waals surface area (Å²) in [7, 11) is 0. The largest absolute Gasteiger partial charge is 0.462 e. The number of carbonyl (C=O) groups excluding carboxylic acids is 3. The zero-order valence-corrected chi connectivity index (χ0v) is 37.4. The Morgan fingerprint density at radius 2 is 0.700 bits per heavy atom. The van der Waals surface area contributed by atoms with Crippen LogP contribution in [0.2, 0.25) is 0 Å². The first-order chi connectivity index (χ1) is 29.5. The Labute approximate surface area is 365 Å². The third kappa shape index (κ3) is 44.1. The second-order valence-electron chi connectivity index (χ2n) is 14.1. The molecule has 0 saturated heterocycles. The molecule has 0 spiro atoms. The molecule has 0 bridgehead atoms. The summed E-state index contributed by atoms with van der Waals surface area (Å²) in [5.41, 5.74) is 0. The number of carbonyl (C=O) groups is 3. The number of esters is 3. The molecule has 0 amide bonds. The molecule has 0 heterocycles. The number of hydrogen-bond donors (Lipinski definition) is 0. The van der Waals surface area contributed by atoms with E-state index in [1.807, 2.05) is 103 Å². The molecule has 0 radical (unpaired) electrons. The lowest BCUT2D eigenvalue weighted by Crippen LogP contribution is -2.30. The van der Waals surface area contributed by atoms with Gasteiger partial charge in [0.15, 0.2) is 6.10 Å². The molecule has 0 aliphatic rings. The Balaban J connectivity index is 4.67. The first-order valence-electron chi connectivity index (χ1n) is 22.6. The third-order valence-corrected chi connectivity index (χ3v) is 8.51. The lowest BCUT2D eigenvalue weighted by molar-refractivity contribution is -0.167. The molecular weight excluding hydrogens is 745 g/mol. The van der Waals surface area contributed by atoms with Crippen LogP contribution >= 0.6 is 0 Å². The van der Waals surface area contributed by atoms with Crippen LogP contribution in [0, 0.1) is 0 Å². The predicted molar refractivity (Wildman–Crippen MR) is 255 cm³/mol. The second-order valence-corrected chi connectivity index (χ2v) is 14.1. The van der Waals surface area contributed by atoms with E-state index in [4.69, 9.17) is 14.2 Å². The second kappa shape index (κ2) is 46.7. The minimum absolute atomic E-state index is 0.141. The van der Waals surface area contributed by atoms with Crippen LogP contribution in [0.4, 0.5) is 0 Å². The van der Waals surface area contributed by atoms with Gasteiger partial charge in [0.2, 0.25) is 0 Å². The number of allylic oxidation sites excluding steroid dienone is 26. The van der Waals surface area contributed by atoms with E-state index in [1.165, 1.54) is 0 Å². The highest BCUT2D eigenvalue weighted by molar-refractivity contribution is 5.71. The molecule has 0 aromatic heterocycles. The van der Waals surface area contributed by atoms with Crippen LogP contribution in [0.15, 0.2) is 158 Å². The van der Waals surface area contributed by atoms with E-state index in [1.54, 1.807) is 0 Å². The summed E-state index contributed by atoms with van der Waals surface area (Å²) in [5, 5.41) is 0. The summed E-state index contributed by atoms with van der Waals surface area (Å²) in [6.45, 7) is 6.06. The summed E-state index contributed by atoms with van der Waals surface area (Å²) >= 11 is 0. The zero-order chi connectivity index (χ0) is 43.7. The molecule has 0 saturated carbocycles. The van der Waals surface area contributed by atoms with Crippen LogP contribution in [-0.2, 0) is 28.6 Å². The fourth-order valence-corrected chi connectivity index (χ4v) is 5.21. The molecule has 60 heavy (non-hydrogen) atoms. The van der Waals surface area contributed by atoms with Gasteiger partial charge in [-0.3, -0.25) is 14.4 Å². The van der Waals surface area contributed by atoms with Gasteiger partial charge >= 0.3 is 17.9 Å². The van der Waals surface area contributed by atoms with E-state index in [0.29, 0.717) is 19.3 Å². The maximum atomic E-state index is 12.7. The minimum atomic E-state index is -0.843. The molecule has 330 valence electrons. The average molecular weight is 823 g/mol. The number of rotatable bonds is 37. The third-order valence-electron chi connectivity index (χ3n) is 8.51. The monoisotopic (exact) mass is 823 g/mol. The smallest absolute Gasteiger partial charge is 0.306 e. The topological polar surface area (TPSA) is 78.9 Å². The summed E-state index contributed by atoms with van der Waals surface area (Å²) in [5.74, 6) is -1.10. The molecule has 0 aromatic rings. The number of unbranched alkanes of at least 4 members (excludes halogenated alkanes) is 8. The van der Waals surface area contributed by atoms with E-state index in [9.17, 15) is 14.4 Å². The summed E-state index contributed by atoms with van der Waals surface area (Å²) < 4.78 is 16.6. The van der Waals surface area contributed by atoms with Gasteiger partial charge in [0.05, 0.1) is 0 Å². The maximum Gasteiger partial charge on any atom is 0.306 e. The van der Waals surface area contributed by atoms with Crippen LogP contribution < -0.4 is 0 Å². The lowest BCUT2D eigenvalue weighted by atomic mass is 10.1. The van der Waals surface area contributed by atoms with Gasteiger partial charge in [0.1, 0.15) is 13.2 Å². The SMILES string of the molecule is CC\C=C/C=C\C=C/C=C\C=C/CCCCCC(=O)OCC(COC(=O)CCC\C=C/C=C\C=C/C=C\C=C/CC)OC(=O)CCCCCC/C=C\C/C=C\C/C=C\CC. The van der Waals surface area contributed by atoms with Crippen molar-refractivity contribution in [2.45, 2.75) is 149 Å². The van der Waals surface area contributed by atoms with E-state index in [2.05, 4.69) is 75.5 Å². The van der Waals surface area contributed by atoms with Crippen LogP contribution in [-0.4, -0.2) is 37.2 Å². The molecule has 6 nitrogen and oxygen atoms in total. The van der Waals surface area contributed by atoms with Gasteiger partial charge in [-0.25, -0.2) is 0 Å². The van der Waals surface area contributed by atoms with Crippen LogP contribution in [0.5, 0.6) is 0 Å². The molecule has 1 atom stereocenters. The van der Waals surface area contributed by atoms with Gasteiger partial charge in [-0.15, -0.1) is 0 Å². The first-order valence-corrected chi connectivity index (χ1v) is 22.6. The Bertz CT molecular complexity index is 1460. The Morgan fingerprint density at radius 1 is 0.350 bits per heavy atom. The Hall–Kier alpha value is -4.97. The molecule has 6 heteroatoms. The first kappa shape index (κ1) is 55.0. The van der Waals surface area contributed by atoms with Crippen molar-refractivity contribution in [1.82, 2.24) is 0 Å². The average Bonchev–Trinajstić information content (AvgIpc) is 3.24. The van der Waals surface area contributed by atoms with E-state index in [-0.39, 0.29) is 50.4 Å². The lowest BCUT2D eigenvalue weighted by Gasteiger charge is -2.18. The molecule has 0 aromatic carbocycles. The number of hydrogen-bond acceptors (Lipinski definition) is 6. The molecule has 1 unspecified atom stereocenters. The van der Waals surface area contributed by atoms with Crippen molar-refractivity contribution < 1.29 is 28.6 Å². The van der Waals surface area contributed by atoms with E-state index in [0.717, 1.165) is 83.5 Å². The predicted octanol–water partition coefficient (Wildman–Crippen LogP) is 14.7. The molecular formula is C54H78O6. The molecule has 0 fully saturated rings. The minimum Gasteiger partial charge on any atom is -0.462 e. The highest BCUT2D eigenvalue weighted by Gasteiger charge is 2.19. The normalized spacial score (nSPS) is 13.6. The van der Waals surface area contributed by atoms with Crippen molar-refractivity contribution in [2.75, 3.05) is 13.2 Å². The molecule has 0 aliphatic heterocycles. The van der Waals surface area contributed by atoms with Crippen molar-refractivity contribution in [3.63, 3.8) is 0 Å². The van der Waals surface area contributed by atoms with Crippen LogP contribution in [0.3, 0.4) is 0 Å². The molecule has 0 aliphatic carbocycles. The van der Waals surface area contributed by atoms with Crippen LogP contribution in [0.1, 0.15) is 143 Å². The fraction of sp³-hybridized carbons (Fsp3) is 0.463. The van der Waals surface area contributed by atoms with Gasteiger partial charge in [0, 0.05) is 19.3 Å². The number of ether oxygens (including phenoxy) is 3. The highest BCUT2D eigenvalue weighted by atomic mass is 16.6. The van der Waals surface area contributed by atoms with Crippen molar-refractivity contribution in [1.29, 1.82) is 0 Å². The van der Waals surface area contributed by atoms with E-state index < -0.39 is 6.10 Å². The molecule has 0 N–H and O–H groups in total. The van der Waals surface area contributed by atoms with Gasteiger partial charge in [0.25, 0.3) is 0 Å². The summed E-state index contributed by atoms with van der Waals surface area (Å²) in [6.07, 6.45) is 68.0. The van der Waals surface area contributed by atoms with Gasteiger partial charge in [-0.1, -0.05) is 198 Å². The fourth-order valence-electron chi connectivity index (χ4n) is 5.21. The van der Waals surface area contributed by atoms with Crippen molar-refractivity contribution in [3.8, 4) is 0 Å². The Morgan fingerprint density at radius 3 is 1.20 bits per heavy atom. The standard InChI is InChI=1S/C54H78O6/c1-4-7-10-13-16-19-22-25-27-30-32-35-38-41-44-47-53(56)59-50-51(49-58-52(55)46-43-40-37-34-31-28-24-21-18-15-12-9-6-3)60-54(57)48-45-42-39-36-33-29-26-23-20-17-14-11-8-5-2/h7-13,15-22,24-32,34,37,51H,4-6,14,23,33,35-36,38-50H2,1-3H3/b10-7-,11-8-,12-9-,16-13-,18-15-,20-17-,22-19-,24-21-,27-25-,29-26-,31-28-,32-30-,37-34-. The van der Waals surface area contributed by atoms with Crippen molar-refractivity contribution >= 4 is 17.9 Å². The maximum absolute atomic E-state index is 12.7. The van der Waals surface area contributed by atoms with Crippen LogP contribution in [0.25, 0.3) is 0 Å². The summed E-state index contributed by atoms with van der Waals surface area (Å²) in [6, 6.07) is 0. The zero-order valence-electron chi connectivity index (χ0n) is 37.4.